The normalized spacial score (nSPS) is 14.8. The molecule has 0 saturated carbocycles. The molecule has 0 radical (unpaired) electrons. The van der Waals surface area contributed by atoms with Crippen molar-refractivity contribution in [3.8, 4) is 0 Å². The molecule has 5 nitrogen and oxygen atoms in total. The molecule has 0 atom stereocenters. The average Bonchev–Trinajstić information content (AvgIpc) is 2.66. The van der Waals surface area contributed by atoms with E-state index >= 15 is 0 Å². The maximum atomic E-state index is 12.4. The van der Waals surface area contributed by atoms with Crippen molar-refractivity contribution >= 4 is 28.8 Å². The minimum atomic E-state index is -0.742. The van der Waals surface area contributed by atoms with Crippen LogP contribution < -0.4 is 10.6 Å². The highest BCUT2D eigenvalue weighted by Crippen LogP contribution is 2.25. The van der Waals surface area contributed by atoms with E-state index in [-0.39, 0.29) is 11.4 Å². The topological polar surface area (TPSA) is 75.8 Å². The summed E-state index contributed by atoms with van der Waals surface area (Å²) in [5.74, 6) is -1.10. The number of carbonyl (C=O) groups excluding carboxylic acids is 2. The zero-order valence-electron chi connectivity index (χ0n) is 14.9. The largest absolute Gasteiger partial charge is 0.372 e. The number of Topliss-reactive ketones (excluding diaryl/α,β-unsaturated/α-hetero) is 1. The molecule has 1 amide bonds. The summed E-state index contributed by atoms with van der Waals surface area (Å²) in [6.45, 7) is 6.10. The summed E-state index contributed by atoms with van der Waals surface area (Å²) >= 11 is 0. The summed E-state index contributed by atoms with van der Waals surface area (Å²) in [5.41, 5.74) is 8.92. The molecular formula is C21H21N3O2. The monoisotopic (exact) mass is 347 g/mol. The van der Waals surface area contributed by atoms with Crippen LogP contribution in [0.3, 0.4) is 0 Å². The minimum Gasteiger partial charge on any atom is -0.372 e. The number of hydrogen-bond acceptors (Lipinski definition) is 4. The van der Waals surface area contributed by atoms with Crippen LogP contribution in [0.15, 0.2) is 65.2 Å². The van der Waals surface area contributed by atoms with E-state index in [1.807, 2.05) is 36.4 Å². The van der Waals surface area contributed by atoms with Crippen molar-refractivity contribution in [2.45, 2.75) is 13.8 Å². The van der Waals surface area contributed by atoms with Crippen LogP contribution in [0.25, 0.3) is 0 Å². The van der Waals surface area contributed by atoms with Gasteiger partial charge >= 0.3 is 0 Å². The molecule has 0 aromatic heterocycles. The van der Waals surface area contributed by atoms with Crippen LogP contribution in [0.2, 0.25) is 0 Å². The first kappa shape index (κ1) is 17.6. The number of aliphatic imine (C=N–C) groups is 1. The highest BCUT2D eigenvalue weighted by Gasteiger charge is 2.26. The van der Waals surface area contributed by atoms with Gasteiger partial charge in [0.25, 0.3) is 5.91 Å². The second-order valence-electron chi connectivity index (χ2n) is 5.98. The Labute approximate surface area is 152 Å². The van der Waals surface area contributed by atoms with E-state index in [1.54, 1.807) is 12.1 Å². The average molecular weight is 347 g/mol. The van der Waals surface area contributed by atoms with Gasteiger partial charge in [0.05, 0.1) is 17.0 Å². The molecule has 2 aromatic rings. The Hall–Kier alpha value is -3.21. The van der Waals surface area contributed by atoms with E-state index in [9.17, 15) is 9.59 Å². The van der Waals surface area contributed by atoms with Gasteiger partial charge in [-0.25, -0.2) is 4.99 Å². The molecule has 1 aliphatic carbocycles. The van der Waals surface area contributed by atoms with Crippen LogP contribution in [-0.2, 0) is 4.79 Å². The summed E-state index contributed by atoms with van der Waals surface area (Å²) in [7, 11) is 0. The molecule has 3 rings (SSSR count). The van der Waals surface area contributed by atoms with Crippen molar-refractivity contribution in [2.24, 2.45) is 10.7 Å². The predicted octanol–water partition coefficient (Wildman–Crippen LogP) is 3.26. The third-order valence-electron chi connectivity index (χ3n) is 4.47. The van der Waals surface area contributed by atoms with Crippen molar-refractivity contribution in [3.63, 3.8) is 0 Å². The first-order valence-electron chi connectivity index (χ1n) is 8.64. The fourth-order valence-corrected chi connectivity index (χ4v) is 3.07. The molecule has 0 heterocycles. The predicted molar refractivity (Wildman–Crippen MR) is 104 cm³/mol. The summed E-state index contributed by atoms with van der Waals surface area (Å²) in [6, 6.07) is 15.0. The zero-order chi connectivity index (χ0) is 18.7. The van der Waals surface area contributed by atoms with Gasteiger partial charge in [0.15, 0.2) is 5.78 Å². The van der Waals surface area contributed by atoms with Gasteiger partial charge in [0.1, 0.15) is 0 Å². The highest BCUT2D eigenvalue weighted by atomic mass is 16.2. The summed E-state index contributed by atoms with van der Waals surface area (Å²) < 4.78 is 0. The first-order valence-corrected chi connectivity index (χ1v) is 8.64. The summed E-state index contributed by atoms with van der Waals surface area (Å²) in [6.07, 6.45) is 1.48. The minimum absolute atomic E-state index is 0.0396. The van der Waals surface area contributed by atoms with E-state index < -0.39 is 5.91 Å². The van der Waals surface area contributed by atoms with Gasteiger partial charge in [0.2, 0.25) is 0 Å². The molecule has 0 aliphatic heterocycles. The Balaban J connectivity index is 2.03. The molecule has 132 valence electrons. The van der Waals surface area contributed by atoms with E-state index in [0.29, 0.717) is 16.8 Å². The van der Waals surface area contributed by atoms with Gasteiger partial charge in [-0.2, -0.15) is 0 Å². The van der Waals surface area contributed by atoms with Crippen LogP contribution in [0.4, 0.5) is 11.4 Å². The lowest BCUT2D eigenvalue weighted by molar-refractivity contribution is -0.114. The standard InChI is InChI=1S/C21H21N3O2/c1-3-24(4-2)15-11-9-14(10-12-15)23-19-13-18(21(22)26)20(25)17-8-6-5-7-16(17)19/h5-13H,3-4H2,1-2H3,(H2,22,26)/b23-19+. The van der Waals surface area contributed by atoms with Gasteiger partial charge in [-0.15, -0.1) is 0 Å². The van der Waals surface area contributed by atoms with Crippen LogP contribution in [-0.4, -0.2) is 30.5 Å². The summed E-state index contributed by atoms with van der Waals surface area (Å²) in [5, 5.41) is 0. The number of rotatable bonds is 5. The van der Waals surface area contributed by atoms with Gasteiger partial charge in [-0.3, -0.25) is 9.59 Å². The fourth-order valence-electron chi connectivity index (χ4n) is 3.07. The SMILES string of the molecule is CCN(CC)c1ccc(/N=C2\C=C(C(N)=O)C(=O)c3ccccc32)cc1. The van der Waals surface area contributed by atoms with Crippen LogP contribution in [0.1, 0.15) is 29.8 Å². The number of amides is 1. The lowest BCUT2D eigenvalue weighted by atomic mass is 9.88. The molecule has 26 heavy (non-hydrogen) atoms. The number of hydrogen-bond donors (Lipinski definition) is 1. The Morgan fingerprint density at radius 2 is 1.62 bits per heavy atom. The van der Waals surface area contributed by atoms with Crippen molar-refractivity contribution in [1.29, 1.82) is 0 Å². The zero-order valence-corrected chi connectivity index (χ0v) is 14.9. The Bertz CT molecular complexity index is 907. The highest BCUT2D eigenvalue weighted by molar-refractivity contribution is 6.35. The second kappa shape index (κ2) is 7.35. The van der Waals surface area contributed by atoms with Gasteiger partial charge in [-0.05, 0) is 44.2 Å². The smallest absolute Gasteiger partial charge is 0.252 e. The second-order valence-corrected chi connectivity index (χ2v) is 5.98. The number of carbonyl (C=O) groups is 2. The number of nitrogens with two attached hydrogens (primary N) is 1. The molecular weight excluding hydrogens is 326 g/mol. The molecule has 1 aliphatic rings. The molecule has 5 heteroatoms. The van der Waals surface area contributed by atoms with E-state index in [0.717, 1.165) is 24.5 Å². The third-order valence-corrected chi connectivity index (χ3v) is 4.47. The first-order chi connectivity index (χ1) is 12.5. The molecule has 0 saturated heterocycles. The molecule has 2 aromatic carbocycles. The van der Waals surface area contributed by atoms with E-state index in [2.05, 4.69) is 23.7 Å². The number of fused-ring (bicyclic) bond motifs is 1. The number of anilines is 1. The molecule has 0 fully saturated rings. The van der Waals surface area contributed by atoms with Crippen molar-refractivity contribution in [3.05, 3.63) is 71.3 Å². The van der Waals surface area contributed by atoms with Crippen molar-refractivity contribution in [1.82, 2.24) is 0 Å². The van der Waals surface area contributed by atoms with Crippen LogP contribution in [0, 0.1) is 0 Å². The van der Waals surface area contributed by atoms with Gasteiger partial charge in [-0.1, -0.05) is 24.3 Å². The van der Waals surface area contributed by atoms with E-state index in [1.165, 1.54) is 6.08 Å². The maximum Gasteiger partial charge on any atom is 0.252 e. The Kier molecular flexibility index (Phi) is 4.98. The van der Waals surface area contributed by atoms with Gasteiger partial charge in [0, 0.05) is 29.9 Å². The summed E-state index contributed by atoms with van der Waals surface area (Å²) in [4.78, 5) is 30.9. The fraction of sp³-hybridized carbons (Fsp3) is 0.190. The molecule has 0 spiro atoms. The number of ketones is 1. The number of primary amides is 1. The number of allylic oxidation sites excluding steroid dienone is 1. The quantitative estimate of drug-likeness (QED) is 0.844. The molecule has 0 bridgehead atoms. The number of nitrogens with zero attached hydrogens (tertiary/aromatic N) is 2. The van der Waals surface area contributed by atoms with Crippen LogP contribution >= 0.6 is 0 Å². The third kappa shape index (κ3) is 3.28. The lowest BCUT2D eigenvalue weighted by Gasteiger charge is -2.21. The van der Waals surface area contributed by atoms with Gasteiger partial charge < -0.3 is 10.6 Å². The van der Waals surface area contributed by atoms with Crippen molar-refractivity contribution in [2.75, 3.05) is 18.0 Å². The molecule has 0 unspecified atom stereocenters. The number of benzene rings is 2. The van der Waals surface area contributed by atoms with Crippen LogP contribution in [0.5, 0.6) is 0 Å². The Morgan fingerprint density at radius 1 is 1.00 bits per heavy atom. The lowest BCUT2D eigenvalue weighted by Crippen LogP contribution is -2.26. The molecule has 2 N–H and O–H groups in total. The maximum absolute atomic E-state index is 12.4. The van der Waals surface area contributed by atoms with E-state index in [4.69, 9.17) is 5.73 Å². The Morgan fingerprint density at radius 3 is 2.19 bits per heavy atom. The van der Waals surface area contributed by atoms with Crippen molar-refractivity contribution < 1.29 is 9.59 Å².